The average Bonchev–Trinajstić information content (AvgIpc) is 2.31. The second-order valence-electron chi connectivity index (χ2n) is 7.48. The van der Waals surface area contributed by atoms with Crippen molar-refractivity contribution in [3.8, 4) is 0 Å². The predicted octanol–water partition coefficient (Wildman–Crippen LogP) is 3.52. The summed E-state index contributed by atoms with van der Waals surface area (Å²) in [5.74, 6) is 1.92. The van der Waals surface area contributed by atoms with Gasteiger partial charge in [-0.25, -0.2) is 0 Å². The molecule has 0 bridgehead atoms. The van der Waals surface area contributed by atoms with Crippen molar-refractivity contribution in [2.75, 3.05) is 33.2 Å². The van der Waals surface area contributed by atoms with Gasteiger partial charge in [-0.1, -0.05) is 33.1 Å². The molecule has 0 heterocycles. The predicted molar refractivity (Wildman–Crippen MR) is 83.4 cm³/mol. The van der Waals surface area contributed by atoms with Crippen LogP contribution in [0, 0.1) is 17.3 Å². The molecule has 0 spiro atoms. The zero-order valence-electron chi connectivity index (χ0n) is 13.4. The molecule has 1 N–H and O–H groups in total. The molecule has 19 heavy (non-hydrogen) atoms. The molecule has 0 aromatic heterocycles. The molecule has 2 aliphatic rings. The Bertz CT molecular complexity index is 262. The minimum Gasteiger partial charge on any atom is -0.316 e. The molecule has 2 unspecified atom stereocenters. The maximum Gasteiger partial charge on any atom is 0.00473 e. The maximum absolute atomic E-state index is 3.64. The Balaban J connectivity index is 1.87. The molecule has 0 aromatic rings. The molecule has 2 atom stereocenters. The Morgan fingerprint density at radius 2 is 2.00 bits per heavy atom. The summed E-state index contributed by atoms with van der Waals surface area (Å²) in [7, 11) is 2.35. The summed E-state index contributed by atoms with van der Waals surface area (Å²) in [5.41, 5.74) is 0.548. The molecule has 0 aromatic carbocycles. The molecule has 0 radical (unpaired) electrons. The average molecular weight is 266 g/mol. The zero-order valence-corrected chi connectivity index (χ0v) is 13.4. The molecule has 2 nitrogen and oxygen atoms in total. The quantitative estimate of drug-likeness (QED) is 0.758. The van der Waals surface area contributed by atoms with Gasteiger partial charge < -0.3 is 10.2 Å². The van der Waals surface area contributed by atoms with Crippen LogP contribution in [-0.4, -0.2) is 38.1 Å². The minimum absolute atomic E-state index is 0.548. The highest BCUT2D eigenvalue weighted by molar-refractivity contribution is 4.90. The van der Waals surface area contributed by atoms with E-state index in [1.807, 2.05) is 0 Å². The molecule has 112 valence electrons. The summed E-state index contributed by atoms with van der Waals surface area (Å²) in [4.78, 5) is 2.64. The monoisotopic (exact) mass is 266 g/mol. The van der Waals surface area contributed by atoms with Gasteiger partial charge >= 0.3 is 0 Å². The Morgan fingerprint density at radius 3 is 2.58 bits per heavy atom. The molecule has 2 fully saturated rings. The molecule has 0 saturated heterocycles. The first kappa shape index (κ1) is 15.3. The minimum atomic E-state index is 0.548. The lowest BCUT2D eigenvalue weighted by Crippen LogP contribution is -2.47. The van der Waals surface area contributed by atoms with Crippen LogP contribution in [0.3, 0.4) is 0 Å². The van der Waals surface area contributed by atoms with Crippen molar-refractivity contribution in [1.29, 1.82) is 0 Å². The van der Waals surface area contributed by atoms with Gasteiger partial charge in [-0.15, -0.1) is 0 Å². The van der Waals surface area contributed by atoms with Gasteiger partial charge in [-0.05, 0) is 56.5 Å². The van der Waals surface area contributed by atoms with Gasteiger partial charge in [0, 0.05) is 19.6 Å². The maximum atomic E-state index is 3.64. The van der Waals surface area contributed by atoms with Gasteiger partial charge in [0.25, 0.3) is 0 Å². The summed E-state index contributed by atoms with van der Waals surface area (Å²) in [6, 6.07) is 0. The van der Waals surface area contributed by atoms with Crippen molar-refractivity contribution in [2.45, 2.75) is 58.8 Å². The van der Waals surface area contributed by atoms with E-state index in [0.29, 0.717) is 5.41 Å². The van der Waals surface area contributed by atoms with Crippen LogP contribution in [-0.2, 0) is 0 Å². The fourth-order valence-electron chi connectivity index (χ4n) is 4.27. The highest BCUT2D eigenvalue weighted by atomic mass is 15.1. The topological polar surface area (TPSA) is 15.3 Å². The number of nitrogens with one attached hydrogen (secondary N) is 1. The molecule has 0 aliphatic heterocycles. The van der Waals surface area contributed by atoms with E-state index in [0.717, 1.165) is 18.4 Å². The Labute approximate surface area is 120 Å². The van der Waals surface area contributed by atoms with E-state index in [2.05, 4.69) is 31.1 Å². The van der Waals surface area contributed by atoms with E-state index in [9.17, 15) is 0 Å². The third-order valence-electron chi connectivity index (χ3n) is 5.34. The van der Waals surface area contributed by atoms with E-state index in [4.69, 9.17) is 0 Å². The lowest BCUT2D eigenvalue weighted by molar-refractivity contribution is 0.0771. The van der Waals surface area contributed by atoms with Crippen LogP contribution in [0.25, 0.3) is 0 Å². The molecule has 2 heteroatoms. The first-order chi connectivity index (χ1) is 9.13. The van der Waals surface area contributed by atoms with Crippen molar-refractivity contribution >= 4 is 0 Å². The van der Waals surface area contributed by atoms with Crippen molar-refractivity contribution in [1.82, 2.24) is 10.2 Å². The van der Waals surface area contributed by atoms with E-state index in [1.54, 1.807) is 0 Å². The second kappa shape index (κ2) is 7.08. The van der Waals surface area contributed by atoms with Gasteiger partial charge in [0.2, 0.25) is 0 Å². The standard InChI is InChI=1S/C17H34N2/c1-4-18-13-17(10-6-7-15(2)11-17)14-19(3)12-16-8-5-9-16/h15-16,18H,4-14H2,1-3H3. The van der Waals surface area contributed by atoms with E-state index >= 15 is 0 Å². The van der Waals surface area contributed by atoms with Crippen molar-refractivity contribution < 1.29 is 0 Å². The molecule has 0 amide bonds. The summed E-state index contributed by atoms with van der Waals surface area (Å²) in [6.45, 7) is 9.66. The summed E-state index contributed by atoms with van der Waals surface area (Å²) >= 11 is 0. The number of rotatable bonds is 7. The lowest BCUT2D eigenvalue weighted by Gasteiger charge is -2.44. The summed E-state index contributed by atoms with van der Waals surface area (Å²) < 4.78 is 0. The SMILES string of the molecule is CCNCC1(CN(C)CC2CCC2)CCCC(C)C1. The smallest absolute Gasteiger partial charge is 0.00473 e. The Hall–Kier alpha value is -0.0800. The van der Waals surface area contributed by atoms with Crippen molar-refractivity contribution in [3.05, 3.63) is 0 Å². The van der Waals surface area contributed by atoms with Crippen LogP contribution in [0.4, 0.5) is 0 Å². The van der Waals surface area contributed by atoms with Crippen LogP contribution in [0.2, 0.25) is 0 Å². The zero-order chi connectivity index (χ0) is 13.7. The van der Waals surface area contributed by atoms with Crippen molar-refractivity contribution in [2.24, 2.45) is 17.3 Å². The third kappa shape index (κ3) is 4.46. The van der Waals surface area contributed by atoms with Crippen LogP contribution in [0.5, 0.6) is 0 Å². The third-order valence-corrected chi connectivity index (χ3v) is 5.34. The lowest BCUT2D eigenvalue weighted by atomic mass is 9.69. The summed E-state index contributed by atoms with van der Waals surface area (Å²) in [6.07, 6.45) is 10.2. The van der Waals surface area contributed by atoms with Gasteiger partial charge in [-0.2, -0.15) is 0 Å². The van der Waals surface area contributed by atoms with Gasteiger partial charge in [0.15, 0.2) is 0 Å². The fraction of sp³-hybridized carbons (Fsp3) is 1.00. The summed E-state index contributed by atoms with van der Waals surface area (Å²) in [5, 5.41) is 3.64. The van der Waals surface area contributed by atoms with E-state index in [-0.39, 0.29) is 0 Å². The number of hydrogen-bond acceptors (Lipinski definition) is 2. The molecule has 2 aliphatic carbocycles. The van der Waals surface area contributed by atoms with Gasteiger partial charge in [0.1, 0.15) is 0 Å². The van der Waals surface area contributed by atoms with Gasteiger partial charge in [-0.3, -0.25) is 0 Å². The van der Waals surface area contributed by atoms with Crippen LogP contribution < -0.4 is 5.32 Å². The number of nitrogens with zero attached hydrogens (tertiary/aromatic N) is 1. The number of hydrogen-bond donors (Lipinski definition) is 1. The molecular weight excluding hydrogens is 232 g/mol. The van der Waals surface area contributed by atoms with Crippen LogP contribution >= 0.6 is 0 Å². The largest absolute Gasteiger partial charge is 0.316 e. The van der Waals surface area contributed by atoms with Gasteiger partial charge in [0.05, 0.1) is 0 Å². The Morgan fingerprint density at radius 1 is 1.21 bits per heavy atom. The van der Waals surface area contributed by atoms with Crippen LogP contribution in [0.15, 0.2) is 0 Å². The molecular formula is C17H34N2. The highest BCUT2D eigenvalue weighted by Crippen LogP contribution is 2.40. The van der Waals surface area contributed by atoms with E-state index < -0.39 is 0 Å². The second-order valence-corrected chi connectivity index (χ2v) is 7.48. The van der Waals surface area contributed by atoms with E-state index in [1.165, 1.54) is 64.6 Å². The van der Waals surface area contributed by atoms with Crippen molar-refractivity contribution in [3.63, 3.8) is 0 Å². The molecule has 2 saturated carbocycles. The highest BCUT2D eigenvalue weighted by Gasteiger charge is 2.36. The van der Waals surface area contributed by atoms with Crippen LogP contribution in [0.1, 0.15) is 58.8 Å². The normalized spacial score (nSPS) is 32.5. The fourth-order valence-corrected chi connectivity index (χ4v) is 4.27. The Kier molecular flexibility index (Phi) is 5.70. The molecule has 2 rings (SSSR count). The first-order valence-corrected chi connectivity index (χ1v) is 8.53. The first-order valence-electron chi connectivity index (χ1n) is 8.53.